The Kier molecular flexibility index (Phi) is 3.56. The molecular weight excluding hydrogens is 252 g/mol. The topological polar surface area (TPSA) is 79.5 Å². The number of nitrogens with zero attached hydrogens (tertiary/aromatic N) is 3. The van der Waals surface area contributed by atoms with Crippen LogP contribution in [0.2, 0.25) is 0 Å². The third-order valence-electron chi connectivity index (χ3n) is 3.36. The van der Waals surface area contributed by atoms with Gasteiger partial charge >= 0.3 is 0 Å². The van der Waals surface area contributed by atoms with Crippen LogP contribution in [-0.4, -0.2) is 55.3 Å². The summed E-state index contributed by atoms with van der Waals surface area (Å²) in [4.78, 5) is 6.08. The summed E-state index contributed by atoms with van der Waals surface area (Å²) in [7, 11) is -1.54. The van der Waals surface area contributed by atoms with E-state index >= 15 is 0 Å². The van der Waals surface area contributed by atoms with Crippen LogP contribution in [-0.2, 0) is 10.0 Å². The van der Waals surface area contributed by atoms with E-state index in [9.17, 15) is 8.42 Å². The number of nitrogen functional groups attached to an aromatic ring is 1. The molecule has 7 heteroatoms. The first-order chi connectivity index (χ1) is 8.43. The lowest BCUT2D eigenvalue weighted by Crippen LogP contribution is -2.51. The SMILES string of the molecule is CC1CN(S(=O)(=O)c2cnccc2N)CCN1C. The van der Waals surface area contributed by atoms with E-state index in [2.05, 4.69) is 9.88 Å². The molecule has 0 amide bonds. The third kappa shape index (κ3) is 2.33. The predicted molar refractivity (Wildman–Crippen MR) is 69.5 cm³/mol. The molecular formula is C11H18N4O2S. The smallest absolute Gasteiger partial charge is 0.246 e. The first-order valence-corrected chi connectivity index (χ1v) is 7.27. The van der Waals surface area contributed by atoms with Crippen LogP contribution in [0.5, 0.6) is 0 Å². The molecule has 2 heterocycles. The molecule has 0 saturated carbocycles. The zero-order valence-corrected chi connectivity index (χ0v) is 11.4. The molecule has 18 heavy (non-hydrogen) atoms. The molecule has 2 N–H and O–H groups in total. The average Bonchev–Trinajstić information content (AvgIpc) is 2.33. The second kappa shape index (κ2) is 4.83. The number of hydrogen-bond donors (Lipinski definition) is 1. The highest BCUT2D eigenvalue weighted by Gasteiger charge is 2.32. The lowest BCUT2D eigenvalue weighted by molar-refractivity contribution is 0.159. The molecule has 1 aromatic rings. The van der Waals surface area contributed by atoms with Gasteiger partial charge in [0, 0.05) is 38.1 Å². The van der Waals surface area contributed by atoms with Crippen molar-refractivity contribution >= 4 is 15.7 Å². The normalized spacial score (nSPS) is 23.1. The fourth-order valence-electron chi connectivity index (χ4n) is 1.98. The van der Waals surface area contributed by atoms with Gasteiger partial charge in [0.05, 0.1) is 5.69 Å². The van der Waals surface area contributed by atoms with Crippen molar-refractivity contribution in [3.63, 3.8) is 0 Å². The quantitative estimate of drug-likeness (QED) is 0.817. The summed E-state index contributed by atoms with van der Waals surface area (Å²) in [5.74, 6) is 0. The number of pyridine rings is 1. The van der Waals surface area contributed by atoms with Crippen molar-refractivity contribution in [2.45, 2.75) is 17.9 Å². The van der Waals surface area contributed by atoms with Gasteiger partial charge in [-0.2, -0.15) is 4.31 Å². The van der Waals surface area contributed by atoms with Gasteiger partial charge in [0.1, 0.15) is 4.90 Å². The van der Waals surface area contributed by atoms with E-state index in [-0.39, 0.29) is 16.6 Å². The van der Waals surface area contributed by atoms with Gasteiger partial charge in [-0.05, 0) is 20.0 Å². The van der Waals surface area contributed by atoms with Crippen molar-refractivity contribution < 1.29 is 8.42 Å². The monoisotopic (exact) mass is 270 g/mol. The second-order valence-electron chi connectivity index (χ2n) is 4.61. The summed E-state index contributed by atoms with van der Waals surface area (Å²) >= 11 is 0. The minimum atomic E-state index is -3.53. The highest BCUT2D eigenvalue weighted by Crippen LogP contribution is 2.22. The van der Waals surface area contributed by atoms with Crippen molar-refractivity contribution in [1.29, 1.82) is 0 Å². The first kappa shape index (κ1) is 13.3. The van der Waals surface area contributed by atoms with Gasteiger partial charge in [0.25, 0.3) is 0 Å². The Morgan fingerprint density at radius 3 is 2.78 bits per heavy atom. The molecule has 1 atom stereocenters. The fourth-order valence-corrected chi connectivity index (χ4v) is 3.55. The predicted octanol–water partition coefficient (Wildman–Crippen LogP) is -0.0116. The number of aromatic nitrogens is 1. The van der Waals surface area contributed by atoms with Gasteiger partial charge in [-0.1, -0.05) is 0 Å². The number of piperazine rings is 1. The van der Waals surface area contributed by atoms with Crippen LogP contribution < -0.4 is 5.73 Å². The number of rotatable bonds is 2. The Bertz CT molecular complexity index is 532. The van der Waals surface area contributed by atoms with Crippen molar-refractivity contribution in [3.05, 3.63) is 18.5 Å². The van der Waals surface area contributed by atoms with Crippen LogP contribution in [0.4, 0.5) is 5.69 Å². The van der Waals surface area contributed by atoms with Crippen LogP contribution >= 0.6 is 0 Å². The van der Waals surface area contributed by atoms with Crippen molar-refractivity contribution in [1.82, 2.24) is 14.2 Å². The summed E-state index contributed by atoms with van der Waals surface area (Å²) in [5.41, 5.74) is 5.97. The minimum Gasteiger partial charge on any atom is -0.398 e. The molecule has 0 aliphatic carbocycles. The Morgan fingerprint density at radius 2 is 2.17 bits per heavy atom. The third-order valence-corrected chi connectivity index (χ3v) is 5.27. The molecule has 1 aliphatic heterocycles. The van der Waals surface area contributed by atoms with Crippen molar-refractivity contribution in [2.24, 2.45) is 0 Å². The summed E-state index contributed by atoms with van der Waals surface area (Å²) in [6.07, 6.45) is 2.80. The van der Waals surface area contributed by atoms with E-state index in [0.29, 0.717) is 13.1 Å². The van der Waals surface area contributed by atoms with Gasteiger partial charge < -0.3 is 10.6 Å². The zero-order valence-electron chi connectivity index (χ0n) is 10.6. The molecule has 1 saturated heterocycles. The second-order valence-corrected chi connectivity index (χ2v) is 6.51. The summed E-state index contributed by atoms with van der Waals surface area (Å²) in [6, 6.07) is 1.71. The molecule has 1 aromatic heterocycles. The van der Waals surface area contributed by atoms with Crippen LogP contribution in [0.15, 0.2) is 23.4 Å². The van der Waals surface area contributed by atoms with Gasteiger partial charge in [0.2, 0.25) is 10.0 Å². The Balaban J connectivity index is 2.30. The van der Waals surface area contributed by atoms with E-state index in [1.54, 1.807) is 0 Å². The molecule has 2 rings (SSSR count). The van der Waals surface area contributed by atoms with Crippen molar-refractivity contribution in [2.75, 3.05) is 32.4 Å². The molecule has 0 spiro atoms. The Morgan fingerprint density at radius 1 is 1.44 bits per heavy atom. The lowest BCUT2D eigenvalue weighted by Gasteiger charge is -2.36. The summed E-state index contributed by atoms with van der Waals surface area (Å²) in [5, 5.41) is 0. The van der Waals surface area contributed by atoms with E-state index in [1.165, 1.54) is 22.8 Å². The van der Waals surface area contributed by atoms with Crippen LogP contribution in [0.3, 0.4) is 0 Å². The van der Waals surface area contributed by atoms with Gasteiger partial charge in [-0.3, -0.25) is 4.98 Å². The molecule has 0 aromatic carbocycles. The summed E-state index contributed by atoms with van der Waals surface area (Å²) in [6.45, 7) is 3.69. The Labute approximate surface area is 107 Å². The maximum absolute atomic E-state index is 12.4. The standard InChI is InChI=1S/C11H18N4O2S/c1-9-8-15(6-5-14(9)2)18(16,17)11-7-13-4-3-10(11)12/h3-4,7,9H,5-6,8H2,1-2H3,(H2,12,13). The molecule has 100 valence electrons. The average molecular weight is 270 g/mol. The molecule has 0 radical (unpaired) electrons. The van der Waals surface area contributed by atoms with E-state index < -0.39 is 10.0 Å². The van der Waals surface area contributed by atoms with Gasteiger partial charge in [-0.25, -0.2) is 8.42 Å². The molecule has 6 nitrogen and oxygen atoms in total. The molecule has 0 bridgehead atoms. The number of anilines is 1. The van der Waals surface area contributed by atoms with Crippen LogP contribution in [0.1, 0.15) is 6.92 Å². The fraction of sp³-hybridized carbons (Fsp3) is 0.545. The lowest BCUT2D eigenvalue weighted by atomic mass is 10.2. The highest BCUT2D eigenvalue weighted by atomic mass is 32.2. The number of nitrogens with two attached hydrogens (primary N) is 1. The minimum absolute atomic E-state index is 0.0988. The zero-order chi connectivity index (χ0) is 13.3. The number of likely N-dealkylation sites (N-methyl/N-ethyl adjacent to an activating group) is 1. The molecule has 1 unspecified atom stereocenters. The maximum Gasteiger partial charge on any atom is 0.246 e. The molecule has 1 fully saturated rings. The van der Waals surface area contributed by atoms with Crippen LogP contribution in [0, 0.1) is 0 Å². The largest absolute Gasteiger partial charge is 0.398 e. The van der Waals surface area contributed by atoms with Gasteiger partial charge in [0.15, 0.2) is 0 Å². The Hall–Kier alpha value is -1.18. The molecule has 1 aliphatic rings. The number of sulfonamides is 1. The maximum atomic E-state index is 12.4. The van der Waals surface area contributed by atoms with Gasteiger partial charge in [-0.15, -0.1) is 0 Å². The first-order valence-electron chi connectivity index (χ1n) is 5.83. The number of hydrogen-bond acceptors (Lipinski definition) is 5. The van der Waals surface area contributed by atoms with E-state index in [1.807, 2.05) is 14.0 Å². The van der Waals surface area contributed by atoms with E-state index in [0.717, 1.165) is 6.54 Å². The van der Waals surface area contributed by atoms with Crippen LogP contribution in [0.25, 0.3) is 0 Å². The summed E-state index contributed by atoms with van der Waals surface area (Å²) < 4.78 is 26.4. The van der Waals surface area contributed by atoms with Crippen molar-refractivity contribution in [3.8, 4) is 0 Å². The highest BCUT2D eigenvalue weighted by molar-refractivity contribution is 7.89. The van der Waals surface area contributed by atoms with E-state index in [4.69, 9.17) is 5.73 Å².